The van der Waals surface area contributed by atoms with E-state index in [1.165, 1.54) is 25.1 Å². The van der Waals surface area contributed by atoms with Gasteiger partial charge in [-0.1, -0.05) is 30.3 Å². The first-order valence-corrected chi connectivity index (χ1v) is 10.8. The molecule has 0 aliphatic heterocycles. The summed E-state index contributed by atoms with van der Waals surface area (Å²) in [5.41, 5.74) is 3.65. The van der Waals surface area contributed by atoms with Gasteiger partial charge in [-0.05, 0) is 62.2 Å². The zero-order valence-electron chi connectivity index (χ0n) is 19.0. The summed E-state index contributed by atoms with van der Waals surface area (Å²) in [6.07, 6.45) is -1.09. The number of carbonyl (C=O) groups excluding carboxylic acids is 4. The highest BCUT2D eigenvalue weighted by Crippen LogP contribution is 2.29. The number of fused-ring (bicyclic) bond motifs is 2. The maximum absolute atomic E-state index is 12.9. The molecule has 172 valence electrons. The lowest BCUT2D eigenvalue weighted by Crippen LogP contribution is -2.32. The van der Waals surface area contributed by atoms with Gasteiger partial charge in [0, 0.05) is 27.9 Å². The van der Waals surface area contributed by atoms with Crippen molar-refractivity contribution in [3.63, 3.8) is 0 Å². The Kier molecular flexibility index (Phi) is 6.27. The summed E-state index contributed by atoms with van der Waals surface area (Å²) in [6, 6.07) is 16.6. The van der Waals surface area contributed by atoms with E-state index in [9.17, 15) is 19.2 Å². The summed E-state index contributed by atoms with van der Waals surface area (Å²) in [5.74, 6) is -1.26. The van der Waals surface area contributed by atoms with E-state index in [0.717, 1.165) is 11.1 Å². The minimum atomic E-state index is -1.09. The zero-order chi connectivity index (χ0) is 24.4. The average molecular weight is 457 g/mol. The van der Waals surface area contributed by atoms with E-state index in [-0.39, 0.29) is 29.3 Å². The number of benzene rings is 3. The molecule has 1 atom stereocenters. The number of anilines is 1. The van der Waals surface area contributed by atoms with Crippen LogP contribution < -0.4 is 10.1 Å². The molecule has 1 aliphatic rings. The van der Waals surface area contributed by atoms with Gasteiger partial charge in [0.1, 0.15) is 5.75 Å². The van der Waals surface area contributed by atoms with Gasteiger partial charge in [0.2, 0.25) is 0 Å². The van der Waals surface area contributed by atoms with Crippen molar-refractivity contribution in [2.75, 3.05) is 11.9 Å². The highest BCUT2D eigenvalue weighted by Gasteiger charge is 2.29. The van der Waals surface area contributed by atoms with Crippen molar-refractivity contribution in [1.82, 2.24) is 0 Å². The van der Waals surface area contributed by atoms with Crippen molar-refractivity contribution >= 4 is 29.1 Å². The Morgan fingerprint density at radius 2 is 1.47 bits per heavy atom. The van der Waals surface area contributed by atoms with Gasteiger partial charge < -0.3 is 14.8 Å². The van der Waals surface area contributed by atoms with Gasteiger partial charge >= 0.3 is 5.97 Å². The van der Waals surface area contributed by atoms with Crippen LogP contribution in [0.5, 0.6) is 5.75 Å². The molecule has 0 saturated heterocycles. The van der Waals surface area contributed by atoms with Crippen LogP contribution in [0.4, 0.5) is 5.69 Å². The molecule has 0 aromatic heterocycles. The predicted octanol–water partition coefficient (Wildman–Crippen LogP) is 4.03. The fourth-order valence-electron chi connectivity index (χ4n) is 3.65. The van der Waals surface area contributed by atoms with Gasteiger partial charge in [-0.3, -0.25) is 14.4 Å². The molecule has 7 nitrogen and oxygen atoms in total. The Morgan fingerprint density at radius 3 is 2.15 bits per heavy atom. The van der Waals surface area contributed by atoms with E-state index in [1.54, 1.807) is 30.3 Å². The molecule has 1 unspecified atom stereocenters. The van der Waals surface area contributed by atoms with Crippen LogP contribution in [-0.4, -0.2) is 36.2 Å². The molecule has 1 aliphatic carbocycles. The molecular formula is C27H23NO6. The molecule has 0 spiro atoms. The van der Waals surface area contributed by atoms with Crippen molar-refractivity contribution in [3.8, 4) is 5.75 Å². The molecule has 0 saturated carbocycles. The number of aryl methyl sites for hydroxylation is 2. The number of nitrogens with one attached hydrogen (secondary N) is 1. The standard InChI is InChI=1S/C27H23NO6/c1-15-8-10-19(12-16(15)2)33-14-24(29)34-17(3)27(32)28-18-9-11-22-23(13-18)26(31)21-7-5-4-6-20(21)25(22)30/h4-13,17H,14H2,1-3H3,(H,28,32). The van der Waals surface area contributed by atoms with Crippen LogP contribution in [0.25, 0.3) is 0 Å². The third-order valence-electron chi connectivity index (χ3n) is 5.71. The fourth-order valence-corrected chi connectivity index (χ4v) is 3.65. The van der Waals surface area contributed by atoms with Crippen LogP contribution in [-0.2, 0) is 14.3 Å². The first kappa shape index (κ1) is 22.9. The lowest BCUT2D eigenvalue weighted by Gasteiger charge is -2.19. The lowest BCUT2D eigenvalue weighted by atomic mass is 9.84. The number of hydrogen-bond acceptors (Lipinski definition) is 6. The van der Waals surface area contributed by atoms with Crippen molar-refractivity contribution in [2.24, 2.45) is 0 Å². The summed E-state index contributed by atoms with van der Waals surface area (Å²) >= 11 is 0. The number of hydrogen-bond donors (Lipinski definition) is 1. The van der Waals surface area contributed by atoms with Crippen LogP contribution in [0.15, 0.2) is 60.7 Å². The molecule has 0 radical (unpaired) electrons. The van der Waals surface area contributed by atoms with Crippen molar-refractivity contribution in [2.45, 2.75) is 26.9 Å². The Balaban J connectivity index is 1.38. The number of ether oxygens (including phenoxy) is 2. The molecule has 4 rings (SSSR count). The van der Waals surface area contributed by atoms with E-state index >= 15 is 0 Å². The molecule has 0 bridgehead atoms. The third-order valence-corrected chi connectivity index (χ3v) is 5.71. The number of carbonyl (C=O) groups is 4. The topological polar surface area (TPSA) is 98.8 Å². The molecule has 3 aromatic carbocycles. The molecule has 34 heavy (non-hydrogen) atoms. The monoisotopic (exact) mass is 457 g/mol. The first-order valence-electron chi connectivity index (χ1n) is 10.8. The summed E-state index contributed by atoms with van der Waals surface area (Å²) in [7, 11) is 0. The Bertz CT molecular complexity index is 1330. The van der Waals surface area contributed by atoms with Gasteiger partial charge in [0.15, 0.2) is 24.3 Å². The second-order valence-corrected chi connectivity index (χ2v) is 8.12. The van der Waals surface area contributed by atoms with Crippen LogP contribution in [0, 0.1) is 13.8 Å². The van der Waals surface area contributed by atoms with Crippen LogP contribution in [0.2, 0.25) is 0 Å². The summed E-state index contributed by atoms with van der Waals surface area (Å²) in [5, 5.41) is 2.62. The van der Waals surface area contributed by atoms with E-state index in [1.807, 2.05) is 26.0 Å². The third kappa shape index (κ3) is 4.59. The maximum atomic E-state index is 12.9. The molecule has 7 heteroatoms. The van der Waals surface area contributed by atoms with Crippen molar-refractivity contribution in [1.29, 1.82) is 0 Å². The molecule has 3 aromatic rings. The Morgan fingerprint density at radius 1 is 0.824 bits per heavy atom. The number of amides is 1. The van der Waals surface area contributed by atoms with E-state index in [4.69, 9.17) is 9.47 Å². The first-order chi connectivity index (χ1) is 16.2. The maximum Gasteiger partial charge on any atom is 0.344 e. The van der Waals surface area contributed by atoms with Gasteiger partial charge in [0.25, 0.3) is 5.91 Å². The Labute approximate surface area is 196 Å². The summed E-state index contributed by atoms with van der Waals surface area (Å²) in [4.78, 5) is 50.2. The summed E-state index contributed by atoms with van der Waals surface area (Å²) in [6.45, 7) is 5.01. The van der Waals surface area contributed by atoms with Gasteiger partial charge in [-0.25, -0.2) is 4.79 Å². The van der Waals surface area contributed by atoms with E-state index < -0.39 is 18.0 Å². The van der Waals surface area contributed by atoms with Gasteiger partial charge in [-0.2, -0.15) is 0 Å². The second-order valence-electron chi connectivity index (χ2n) is 8.12. The predicted molar refractivity (Wildman–Crippen MR) is 125 cm³/mol. The van der Waals surface area contributed by atoms with E-state index in [0.29, 0.717) is 22.6 Å². The normalized spacial score (nSPS) is 12.9. The smallest absolute Gasteiger partial charge is 0.344 e. The number of rotatable bonds is 6. The molecule has 0 fully saturated rings. The highest BCUT2D eigenvalue weighted by atomic mass is 16.6. The summed E-state index contributed by atoms with van der Waals surface area (Å²) < 4.78 is 10.6. The number of esters is 1. The van der Waals surface area contributed by atoms with Gasteiger partial charge in [0.05, 0.1) is 0 Å². The van der Waals surface area contributed by atoms with Crippen LogP contribution in [0.3, 0.4) is 0 Å². The largest absolute Gasteiger partial charge is 0.482 e. The van der Waals surface area contributed by atoms with E-state index in [2.05, 4.69) is 5.32 Å². The van der Waals surface area contributed by atoms with Crippen molar-refractivity contribution < 1.29 is 28.7 Å². The van der Waals surface area contributed by atoms with Crippen molar-refractivity contribution in [3.05, 3.63) is 94.0 Å². The zero-order valence-corrected chi connectivity index (χ0v) is 19.0. The number of ketones is 2. The SMILES string of the molecule is Cc1ccc(OCC(=O)OC(C)C(=O)Nc2ccc3c(c2)C(=O)c2ccccc2C3=O)cc1C. The lowest BCUT2D eigenvalue weighted by molar-refractivity contribution is -0.155. The van der Waals surface area contributed by atoms with Crippen LogP contribution >= 0.6 is 0 Å². The second kappa shape index (κ2) is 9.31. The fraction of sp³-hybridized carbons (Fsp3) is 0.185. The Hall–Kier alpha value is -4.26. The highest BCUT2D eigenvalue weighted by molar-refractivity contribution is 6.28. The van der Waals surface area contributed by atoms with Crippen LogP contribution in [0.1, 0.15) is 49.9 Å². The van der Waals surface area contributed by atoms with Gasteiger partial charge in [-0.15, -0.1) is 0 Å². The molecule has 1 N–H and O–H groups in total. The minimum absolute atomic E-state index is 0.216. The molecular weight excluding hydrogens is 434 g/mol. The minimum Gasteiger partial charge on any atom is -0.482 e. The molecule has 1 amide bonds. The molecule has 0 heterocycles. The quantitative estimate of drug-likeness (QED) is 0.439. The average Bonchev–Trinajstić information content (AvgIpc) is 2.83.